The highest BCUT2D eigenvalue weighted by atomic mass is 32.2. The zero-order valence-corrected chi connectivity index (χ0v) is 13.0. The number of nitrogens with one attached hydrogen (secondary N) is 2. The fourth-order valence-electron chi connectivity index (χ4n) is 1.92. The van der Waals surface area contributed by atoms with Crippen LogP contribution in [0.3, 0.4) is 0 Å². The summed E-state index contributed by atoms with van der Waals surface area (Å²) in [5.41, 5.74) is 1.58. The van der Waals surface area contributed by atoms with Gasteiger partial charge in [-0.05, 0) is 18.6 Å². The van der Waals surface area contributed by atoms with E-state index < -0.39 is 10.0 Å². The molecule has 0 amide bonds. The van der Waals surface area contributed by atoms with E-state index in [9.17, 15) is 8.42 Å². The van der Waals surface area contributed by atoms with E-state index >= 15 is 0 Å². The maximum absolute atomic E-state index is 12.3. The van der Waals surface area contributed by atoms with Crippen LogP contribution in [0.1, 0.15) is 18.9 Å². The first kappa shape index (κ1) is 15.5. The summed E-state index contributed by atoms with van der Waals surface area (Å²) in [5, 5.41) is 7.24. The van der Waals surface area contributed by atoms with Gasteiger partial charge in [-0.2, -0.15) is 5.10 Å². The maximum atomic E-state index is 12.3. The molecule has 1 heterocycles. The lowest BCUT2D eigenvalue weighted by atomic mass is 10.3. The fourth-order valence-corrected chi connectivity index (χ4v) is 3.24. The second kappa shape index (κ2) is 6.73. The summed E-state index contributed by atoms with van der Waals surface area (Å²) >= 11 is 0. The van der Waals surface area contributed by atoms with Crippen LogP contribution in [0, 0.1) is 0 Å². The highest BCUT2D eigenvalue weighted by Crippen LogP contribution is 2.21. The van der Waals surface area contributed by atoms with Gasteiger partial charge < -0.3 is 5.32 Å². The Labute approximate surface area is 125 Å². The van der Waals surface area contributed by atoms with Crippen LogP contribution in [0.5, 0.6) is 0 Å². The predicted octanol–water partition coefficient (Wildman–Crippen LogP) is 1.72. The highest BCUT2D eigenvalue weighted by Gasteiger charge is 2.17. The number of hydrogen-bond donors (Lipinski definition) is 2. The Morgan fingerprint density at radius 3 is 2.71 bits per heavy atom. The lowest BCUT2D eigenvalue weighted by molar-refractivity contribution is 0.581. The number of nitrogens with zero attached hydrogens (tertiary/aromatic N) is 2. The molecular weight excluding hydrogens is 288 g/mol. The summed E-state index contributed by atoms with van der Waals surface area (Å²) in [4.78, 5) is 0.266. The summed E-state index contributed by atoms with van der Waals surface area (Å²) in [6.45, 7) is 2.88. The van der Waals surface area contributed by atoms with Crippen molar-refractivity contribution in [2.45, 2.75) is 24.8 Å². The monoisotopic (exact) mass is 308 g/mol. The Bertz CT molecular complexity index is 695. The number of benzene rings is 1. The summed E-state index contributed by atoms with van der Waals surface area (Å²) in [6.07, 6.45) is 4.39. The third-order valence-corrected chi connectivity index (χ3v) is 4.48. The lowest BCUT2D eigenvalue weighted by Gasteiger charge is -2.12. The average Bonchev–Trinajstić information content (AvgIpc) is 2.89. The van der Waals surface area contributed by atoms with Gasteiger partial charge in [-0.15, -0.1) is 0 Å². The summed E-state index contributed by atoms with van der Waals surface area (Å²) in [7, 11) is -1.64. The third kappa shape index (κ3) is 4.05. The first-order valence-electron chi connectivity index (χ1n) is 6.83. The van der Waals surface area contributed by atoms with Crippen molar-refractivity contribution in [3.63, 3.8) is 0 Å². The summed E-state index contributed by atoms with van der Waals surface area (Å²) in [6, 6.07) is 6.89. The van der Waals surface area contributed by atoms with Crippen molar-refractivity contribution >= 4 is 15.7 Å². The number of sulfonamides is 1. The van der Waals surface area contributed by atoms with E-state index in [2.05, 4.69) is 15.1 Å². The number of aromatic nitrogens is 2. The molecule has 114 valence electrons. The molecule has 1 aromatic carbocycles. The number of aryl methyl sites for hydroxylation is 1. The minimum atomic E-state index is -3.49. The number of para-hydroxylation sites is 1. The van der Waals surface area contributed by atoms with Crippen LogP contribution in [-0.2, 0) is 23.6 Å². The Morgan fingerprint density at radius 2 is 2.05 bits per heavy atom. The van der Waals surface area contributed by atoms with E-state index in [0.29, 0.717) is 18.8 Å². The van der Waals surface area contributed by atoms with Gasteiger partial charge in [-0.3, -0.25) is 4.68 Å². The molecule has 2 aromatic rings. The first-order valence-corrected chi connectivity index (χ1v) is 8.31. The van der Waals surface area contributed by atoms with Crippen LogP contribution in [0.25, 0.3) is 0 Å². The molecule has 6 nitrogen and oxygen atoms in total. The third-order valence-electron chi connectivity index (χ3n) is 2.96. The van der Waals surface area contributed by atoms with Crippen molar-refractivity contribution in [1.82, 2.24) is 14.5 Å². The highest BCUT2D eigenvalue weighted by molar-refractivity contribution is 7.89. The molecule has 0 fully saturated rings. The minimum Gasteiger partial charge on any atom is -0.380 e. The smallest absolute Gasteiger partial charge is 0.242 e. The van der Waals surface area contributed by atoms with Gasteiger partial charge in [0.15, 0.2) is 0 Å². The van der Waals surface area contributed by atoms with Crippen LogP contribution in [0.15, 0.2) is 41.6 Å². The average molecular weight is 308 g/mol. The molecule has 0 bridgehead atoms. The van der Waals surface area contributed by atoms with Crippen molar-refractivity contribution in [3.05, 3.63) is 42.2 Å². The van der Waals surface area contributed by atoms with Crippen LogP contribution in [0.2, 0.25) is 0 Å². The largest absolute Gasteiger partial charge is 0.380 e. The van der Waals surface area contributed by atoms with Crippen molar-refractivity contribution in [2.24, 2.45) is 7.05 Å². The molecule has 0 saturated carbocycles. The molecule has 2 rings (SSSR count). The SMILES string of the molecule is CCCNS(=O)(=O)c1ccccc1NCc1cnn(C)c1. The van der Waals surface area contributed by atoms with E-state index in [4.69, 9.17) is 0 Å². The minimum absolute atomic E-state index is 0.266. The molecule has 0 radical (unpaired) electrons. The van der Waals surface area contributed by atoms with Crippen molar-refractivity contribution in [1.29, 1.82) is 0 Å². The number of anilines is 1. The molecule has 21 heavy (non-hydrogen) atoms. The molecule has 0 saturated heterocycles. The summed E-state index contributed by atoms with van der Waals surface area (Å²) < 4.78 is 28.8. The van der Waals surface area contributed by atoms with Gasteiger partial charge in [0.2, 0.25) is 10.0 Å². The van der Waals surface area contributed by atoms with Crippen LogP contribution < -0.4 is 10.0 Å². The van der Waals surface area contributed by atoms with E-state index in [-0.39, 0.29) is 4.90 Å². The Balaban J connectivity index is 2.16. The molecule has 0 aliphatic rings. The quantitative estimate of drug-likeness (QED) is 0.816. The molecule has 0 aliphatic heterocycles. The Hall–Kier alpha value is -1.86. The van der Waals surface area contributed by atoms with E-state index in [1.54, 1.807) is 29.1 Å². The van der Waals surface area contributed by atoms with Gasteiger partial charge in [0.25, 0.3) is 0 Å². The van der Waals surface area contributed by atoms with Crippen LogP contribution in [-0.4, -0.2) is 24.7 Å². The lowest BCUT2D eigenvalue weighted by Crippen LogP contribution is -2.25. The first-order chi connectivity index (χ1) is 10.0. The standard InChI is InChI=1S/C14H20N4O2S/c1-3-8-17-21(19,20)14-7-5-4-6-13(14)15-9-12-10-16-18(2)11-12/h4-7,10-11,15,17H,3,8-9H2,1-2H3. The molecular formula is C14H20N4O2S. The van der Waals surface area contributed by atoms with E-state index in [1.807, 2.05) is 26.2 Å². The van der Waals surface area contributed by atoms with Gasteiger partial charge in [0.05, 0.1) is 11.9 Å². The number of hydrogen-bond acceptors (Lipinski definition) is 4. The molecule has 0 unspecified atom stereocenters. The molecule has 0 spiro atoms. The zero-order chi connectivity index (χ0) is 15.3. The predicted molar refractivity (Wildman–Crippen MR) is 82.5 cm³/mol. The fraction of sp³-hybridized carbons (Fsp3) is 0.357. The van der Waals surface area contributed by atoms with Crippen molar-refractivity contribution < 1.29 is 8.42 Å². The molecule has 2 N–H and O–H groups in total. The van der Waals surface area contributed by atoms with Crippen LogP contribution in [0.4, 0.5) is 5.69 Å². The second-order valence-corrected chi connectivity index (χ2v) is 6.51. The van der Waals surface area contributed by atoms with Gasteiger partial charge >= 0.3 is 0 Å². The Kier molecular flexibility index (Phi) is 4.98. The molecule has 0 atom stereocenters. The molecule has 7 heteroatoms. The van der Waals surface area contributed by atoms with E-state index in [1.165, 1.54) is 0 Å². The van der Waals surface area contributed by atoms with Gasteiger partial charge in [-0.1, -0.05) is 19.1 Å². The maximum Gasteiger partial charge on any atom is 0.242 e. The Morgan fingerprint density at radius 1 is 1.29 bits per heavy atom. The van der Waals surface area contributed by atoms with Crippen molar-refractivity contribution in [2.75, 3.05) is 11.9 Å². The van der Waals surface area contributed by atoms with Gasteiger partial charge in [0.1, 0.15) is 4.90 Å². The van der Waals surface area contributed by atoms with E-state index in [0.717, 1.165) is 12.0 Å². The van der Waals surface area contributed by atoms with Crippen molar-refractivity contribution in [3.8, 4) is 0 Å². The molecule has 0 aliphatic carbocycles. The normalized spacial score (nSPS) is 11.5. The van der Waals surface area contributed by atoms with Gasteiger partial charge in [0, 0.05) is 31.9 Å². The zero-order valence-electron chi connectivity index (χ0n) is 12.2. The number of rotatable bonds is 7. The molecule has 1 aromatic heterocycles. The summed E-state index contributed by atoms with van der Waals surface area (Å²) in [5.74, 6) is 0. The topological polar surface area (TPSA) is 76.0 Å². The van der Waals surface area contributed by atoms with Gasteiger partial charge in [-0.25, -0.2) is 13.1 Å². The second-order valence-electron chi connectivity index (χ2n) is 4.77. The van der Waals surface area contributed by atoms with Crippen LogP contribution >= 0.6 is 0 Å².